The molecule has 0 unspecified atom stereocenters. The smallest absolute Gasteiger partial charge is 0.246 e. The highest BCUT2D eigenvalue weighted by molar-refractivity contribution is 6.35. The number of piperazine rings is 1. The number of benzene rings is 2. The summed E-state index contributed by atoms with van der Waals surface area (Å²) in [6, 6.07) is 5.65. The molecule has 2 fully saturated rings. The minimum absolute atomic E-state index is 0.0925. The van der Waals surface area contributed by atoms with E-state index in [4.69, 9.17) is 21.6 Å². The lowest BCUT2D eigenvalue weighted by molar-refractivity contribution is -0.126. The largest absolute Gasteiger partial charge is 0.352 e. The van der Waals surface area contributed by atoms with Crippen LogP contribution in [0.5, 0.6) is 0 Å². The molecule has 11 heteroatoms. The zero-order valence-corrected chi connectivity index (χ0v) is 24.2. The molecular weight excluding hydrogens is 543 g/mol. The van der Waals surface area contributed by atoms with Gasteiger partial charge in [0.1, 0.15) is 11.3 Å². The summed E-state index contributed by atoms with van der Waals surface area (Å²) in [5, 5.41) is 0.836. The fraction of sp³-hybridized carbons (Fsp3) is 0.400. The monoisotopic (exact) mass is 576 g/mol. The van der Waals surface area contributed by atoms with E-state index in [1.807, 2.05) is 19.1 Å². The third kappa shape index (κ3) is 5.10. The van der Waals surface area contributed by atoms with Crippen molar-refractivity contribution in [1.82, 2.24) is 29.7 Å². The lowest BCUT2D eigenvalue weighted by Crippen LogP contribution is -2.48. The molecule has 4 aromatic rings. The predicted molar refractivity (Wildman–Crippen MR) is 162 cm³/mol. The van der Waals surface area contributed by atoms with Gasteiger partial charge < -0.3 is 24.6 Å². The Labute approximate surface area is 243 Å². The molecule has 1 N–H and O–H groups in total. The first-order valence-electron chi connectivity index (χ1n) is 14.1. The molecule has 4 heterocycles. The van der Waals surface area contributed by atoms with Gasteiger partial charge in [0.15, 0.2) is 5.82 Å². The summed E-state index contributed by atoms with van der Waals surface area (Å²) in [6.45, 7) is 11.2. The molecule has 0 bridgehead atoms. The number of imidazole rings is 1. The second-order valence-corrected chi connectivity index (χ2v) is 11.3. The second kappa shape index (κ2) is 11.3. The highest BCUT2D eigenvalue weighted by atomic mass is 35.5. The number of rotatable bonds is 4. The highest BCUT2D eigenvalue weighted by Crippen LogP contribution is 2.42. The van der Waals surface area contributed by atoms with E-state index in [1.54, 1.807) is 17.3 Å². The molecular formula is C30H34ClFN8O. The number of hydrogen-bond donors (Lipinski definition) is 1. The number of carbonyl (C=O) groups excluding carboxylic acids is 1. The summed E-state index contributed by atoms with van der Waals surface area (Å²) in [4.78, 5) is 38.1. The first-order chi connectivity index (χ1) is 19.9. The Morgan fingerprint density at radius 1 is 1.00 bits per heavy atom. The lowest BCUT2D eigenvalue weighted by Gasteiger charge is -2.36. The quantitative estimate of drug-likeness (QED) is 0.354. The Hall–Kier alpha value is -3.76. The van der Waals surface area contributed by atoms with Crippen LogP contribution in [0.3, 0.4) is 0 Å². The Bertz CT molecular complexity index is 1620. The van der Waals surface area contributed by atoms with E-state index < -0.39 is 5.82 Å². The van der Waals surface area contributed by atoms with E-state index in [-0.39, 0.29) is 16.4 Å². The van der Waals surface area contributed by atoms with Crippen LogP contribution in [0.2, 0.25) is 5.02 Å². The molecule has 0 atom stereocenters. The maximum Gasteiger partial charge on any atom is 0.246 e. The number of anilines is 2. The van der Waals surface area contributed by atoms with Crippen molar-refractivity contribution >= 4 is 51.2 Å². The van der Waals surface area contributed by atoms with Crippen LogP contribution in [0.15, 0.2) is 37.2 Å². The number of aromatic amines is 1. The molecule has 6 rings (SSSR count). The van der Waals surface area contributed by atoms with Crippen molar-refractivity contribution in [1.29, 1.82) is 0 Å². The number of aryl methyl sites for hydroxylation is 1. The van der Waals surface area contributed by atoms with E-state index in [2.05, 4.69) is 38.3 Å². The molecule has 2 aliphatic heterocycles. The van der Waals surface area contributed by atoms with Gasteiger partial charge in [-0.25, -0.2) is 14.4 Å². The molecule has 0 spiro atoms. The lowest BCUT2D eigenvalue weighted by atomic mass is 9.96. The van der Waals surface area contributed by atoms with Crippen molar-refractivity contribution in [3.8, 4) is 11.1 Å². The van der Waals surface area contributed by atoms with E-state index >= 15 is 4.39 Å². The van der Waals surface area contributed by atoms with E-state index in [9.17, 15) is 4.79 Å². The summed E-state index contributed by atoms with van der Waals surface area (Å²) >= 11 is 6.89. The zero-order valence-electron chi connectivity index (χ0n) is 23.5. The molecule has 2 saturated heterocycles. The van der Waals surface area contributed by atoms with Crippen LogP contribution in [-0.2, 0) is 4.79 Å². The third-order valence-corrected chi connectivity index (χ3v) is 8.48. The fourth-order valence-corrected chi connectivity index (χ4v) is 6.25. The van der Waals surface area contributed by atoms with Crippen LogP contribution < -0.4 is 9.80 Å². The van der Waals surface area contributed by atoms with E-state index in [1.165, 1.54) is 6.08 Å². The number of nitrogens with one attached hydrogen (secondary N) is 1. The maximum absolute atomic E-state index is 16.8. The Kier molecular flexibility index (Phi) is 7.52. The van der Waals surface area contributed by atoms with Crippen LogP contribution in [0.4, 0.5) is 16.2 Å². The van der Waals surface area contributed by atoms with Crippen molar-refractivity contribution in [3.05, 3.63) is 53.6 Å². The van der Waals surface area contributed by atoms with Gasteiger partial charge in [0.25, 0.3) is 0 Å². The van der Waals surface area contributed by atoms with Crippen molar-refractivity contribution in [2.75, 3.05) is 69.2 Å². The summed E-state index contributed by atoms with van der Waals surface area (Å²) in [6.07, 6.45) is 4.87. The van der Waals surface area contributed by atoms with Gasteiger partial charge in [-0.05, 0) is 63.7 Å². The van der Waals surface area contributed by atoms with Gasteiger partial charge in [-0.3, -0.25) is 4.79 Å². The van der Waals surface area contributed by atoms with Crippen LogP contribution in [0, 0.1) is 12.7 Å². The average Bonchev–Trinajstić information content (AvgIpc) is 3.44. The van der Waals surface area contributed by atoms with E-state index in [0.717, 1.165) is 50.1 Å². The molecule has 0 saturated carbocycles. The molecule has 214 valence electrons. The van der Waals surface area contributed by atoms with Gasteiger partial charge in [0, 0.05) is 55.8 Å². The number of amides is 1. The Morgan fingerprint density at radius 3 is 2.44 bits per heavy atom. The molecule has 0 radical (unpaired) electrons. The topological polar surface area (TPSA) is 84.5 Å². The SMILES string of the molecule is C=CC(=O)N1CCN(c2nc(N3CCCN(C)CCC3)nc3c(F)c(-c4c(C)ccc5[nH]cnc45)c(Cl)cc23)CC1. The molecule has 2 aromatic heterocycles. The van der Waals surface area contributed by atoms with Gasteiger partial charge in [-0.15, -0.1) is 0 Å². The van der Waals surface area contributed by atoms with Crippen LogP contribution >= 0.6 is 11.6 Å². The van der Waals surface area contributed by atoms with Gasteiger partial charge in [-0.2, -0.15) is 4.98 Å². The van der Waals surface area contributed by atoms with Crippen molar-refractivity contribution in [3.63, 3.8) is 0 Å². The van der Waals surface area contributed by atoms with Crippen molar-refractivity contribution in [2.24, 2.45) is 0 Å². The number of nitrogens with zero attached hydrogens (tertiary/aromatic N) is 7. The summed E-state index contributed by atoms with van der Waals surface area (Å²) in [5.74, 6) is 0.578. The number of H-pyrrole nitrogens is 1. The minimum atomic E-state index is -0.483. The van der Waals surface area contributed by atoms with Crippen LogP contribution in [0.1, 0.15) is 18.4 Å². The van der Waals surface area contributed by atoms with Crippen LogP contribution in [0.25, 0.3) is 33.1 Å². The molecule has 9 nitrogen and oxygen atoms in total. The number of fused-ring (bicyclic) bond motifs is 2. The molecule has 0 aliphatic carbocycles. The second-order valence-electron chi connectivity index (χ2n) is 10.9. The first kappa shape index (κ1) is 27.4. The number of halogens is 2. The van der Waals surface area contributed by atoms with Crippen molar-refractivity contribution in [2.45, 2.75) is 19.8 Å². The average molecular weight is 577 g/mol. The standard InChI is InChI=1S/C30H34ClFN8O/c1-4-23(41)38-13-15-39(16-14-38)29-20-17-21(31)25(24-19(2)7-8-22-28(24)34-18-33-22)26(32)27(20)35-30(36-29)40-11-5-9-37(3)10-6-12-40/h4,7-8,17-18H,1,5-6,9-16H2,2-3H3,(H,33,34). The van der Waals surface area contributed by atoms with Crippen molar-refractivity contribution < 1.29 is 9.18 Å². The van der Waals surface area contributed by atoms with Gasteiger partial charge >= 0.3 is 0 Å². The Balaban J connectivity index is 1.51. The maximum atomic E-state index is 16.8. The number of carbonyl (C=O) groups is 1. The minimum Gasteiger partial charge on any atom is -0.352 e. The summed E-state index contributed by atoms with van der Waals surface area (Å²) in [7, 11) is 2.14. The number of hydrogen-bond acceptors (Lipinski definition) is 7. The fourth-order valence-electron chi connectivity index (χ4n) is 5.96. The molecule has 2 aliphatic rings. The highest BCUT2D eigenvalue weighted by Gasteiger charge is 2.28. The molecule has 1 amide bonds. The van der Waals surface area contributed by atoms with E-state index in [0.29, 0.717) is 60.0 Å². The van der Waals surface area contributed by atoms with Crippen LogP contribution in [-0.4, -0.2) is 95.0 Å². The Morgan fingerprint density at radius 2 is 1.73 bits per heavy atom. The number of aromatic nitrogens is 4. The third-order valence-electron chi connectivity index (χ3n) is 8.19. The summed E-state index contributed by atoms with van der Waals surface area (Å²) in [5.41, 5.74) is 3.52. The van der Waals surface area contributed by atoms with Gasteiger partial charge in [0.05, 0.1) is 22.4 Å². The van der Waals surface area contributed by atoms with Gasteiger partial charge in [-0.1, -0.05) is 24.2 Å². The summed E-state index contributed by atoms with van der Waals surface area (Å²) < 4.78 is 16.8. The zero-order chi connectivity index (χ0) is 28.7. The predicted octanol–water partition coefficient (Wildman–Crippen LogP) is 4.64. The molecule has 2 aromatic carbocycles. The normalized spacial score (nSPS) is 17.2. The molecule has 41 heavy (non-hydrogen) atoms. The first-order valence-corrected chi connectivity index (χ1v) is 14.5. The van der Waals surface area contributed by atoms with Gasteiger partial charge in [0.2, 0.25) is 11.9 Å².